The predicted octanol–water partition coefficient (Wildman–Crippen LogP) is 0.466. The zero-order valence-electron chi connectivity index (χ0n) is 7.55. The van der Waals surface area contributed by atoms with Crippen LogP contribution in [0.1, 0.15) is 26.2 Å². The minimum atomic E-state index is -0.456. The Hall–Kier alpha value is -1.06. The van der Waals surface area contributed by atoms with Crippen LogP contribution >= 0.6 is 0 Å². The summed E-state index contributed by atoms with van der Waals surface area (Å²) in [4.78, 5) is 21.4. The zero-order chi connectivity index (χ0) is 9.40. The number of rotatable bonds is 5. The number of ether oxygens (including phenoxy) is 1. The summed E-state index contributed by atoms with van der Waals surface area (Å²) in [7, 11) is 1.49. The molecular formula is C8H15NO3. The van der Waals surface area contributed by atoms with E-state index in [-0.39, 0.29) is 12.3 Å². The van der Waals surface area contributed by atoms with E-state index in [0.29, 0.717) is 6.61 Å². The SMILES string of the molecule is CCCCOC(=O)CC(=O)NC. The lowest BCUT2D eigenvalue weighted by Crippen LogP contribution is -2.22. The molecule has 0 fully saturated rings. The second-order valence-electron chi connectivity index (χ2n) is 2.42. The van der Waals surface area contributed by atoms with Gasteiger partial charge in [-0.15, -0.1) is 0 Å². The number of carbonyl (C=O) groups excluding carboxylic acids is 2. The van der Waals surface area contributed by atoms with Crippen LogP contribution in [0.2, 0.25) is 0 Å². The van der Waals surface area contributed by atoms with Gasteiger partial charge in [-0.05, 0) is 6.42 Å². The normalized spacial score (nSPS) is 9.17. The quantitative estimate of drug-likeness (QED) is 0.373. The zero-order valence-corrected chi connectivity index (χ0v) is 7.55. The Morgan fingerprint density at radius 3 is 2.58 bits per heavy atom. The molecule has 0 rings (SSSR count). The van der Waals surface area contributed by atoms with Gasteiger partial charge in [-0.25, -0.2) is 0 Å². The summed E-state index contributed by atoms with van der Waals surface area (Å²) in [6.07, 6.45) is 1.65. The van der Waals surface area contributed by atoms with E-state index in [4.69, 9.17) is 4.74 Å². The van der Waals surface area contributed by atoms with E-state index in [1.165, 1.54) is 7.05 Å². The molecule has 0 spiro atoms. The molecular weight excluding hydrogens is 158 g/mol. The van der Waals surface area contributed by atoms with Crippen molar-refractivity contribution in [2.24, 2.45) is 0 Å². The maximum absolute atomic E-state index is 10.8. The molecule has 4 nitrogen and oxygen atoms in total. The van der Waals surface area contributed by atoms with Crippen molar-refractivity contribution in [2.75, 3.05) is 13.7 Å². The van der Waals surface area contributed by atoms with Crippen molar-refractivity contribution in [2.45, 2.75) is 26.2 Å². The molecule has 0 bridgehead atoms. The number of amides is 1. The van der Waals surface area contributed by atoms with E-state index in [0.717, 1.165) is 12.8 Å². The number of hydrogen-bond donors (Lipinski definition) is 1. The first-order valence-corrected chi connectivity index (χ1v) is 4.07. The van der Waals surface area contributed by atoms with Gasteiger partial charge >= 0.3 is 5.97 Å². The fourth-order valence-corrected chi connectivity index (χ4v) is 0.601. The molecule has 0 aliphatic heterocycles. The van der Waals surface area contributed by atoms with E-state index in [1.807, 2.05) is 6.92 Å². The van der Waals surface area contributed by atoms with E-state index in [2.05, 4.69) is 5.32 Å². The number of carbonyl (C=O) groups is 2. The molecule has 0 atom stereocenters. The van der Waals surface area contributed by atoms with Gasteiger partial charge < -0.3 is 10.1 Å². The van der Waals surface area contributed by atoms with E-state index < -0.39 is 5.97 Å². The lowest BCUT2D eigenvalue weighted by atomic mass is 10.3. The van der Waals surface area contributed by atoms with Crippen LogP contribution in [-0.2, 0) is 14.3 Å². The summed E-state index contributed by atoms with van der Waals surface area (Å²) in [6, 6.07) is 0. The summed E-state index contributed by atoms with van der Waals surface area (Å²) in [5.41, 5.74) is 0. The Morgan fingerprint density at radius 2 is 2.08 bits per heavy atom. The number of nitrogens with one attached hydrogen (secondary N) is 1. The van der Waals surface area contributed by atoms with Crippen LogP contribution in [-0.4, -0.2) is 25.5 Å². The van der Waals surface area contributed by atoms with Crippen molar-refractivity contribution < 1.29 is 14.3 Å². The minimum Gasteiger partial charge on any atom is -0.465 e. The van der Waals surface area contributed by atoms with Gasteiger partial charge in [0.05, 0.1) is 6.61 Å². The van der Waals surface area contributed by atoms with E-state index >= 15 is 0 Å². The van der Waals surface area contributed by atoms with E-state index in [9.17, 15) is 9.59 Å². The van der Waals surface area contributed by atoms with Crippen molar-refractivity contribution in [3.8, 4) is 0 Å². The molecule has 0 aromatic carbocycles. The summed E-state index contributed by atoms with van der Waals surface area (Å²) in [5.74, 6) is -0.765. The summed E-state index contributed by atoms with van der Waals surface area (Å²) in [5, 5.41) is 2.35. The molecule has 0 aromatic rings. The largest absolute Gasteiger partial charge is 0.465 e. The van der Waals surface area contributed by atoms with Crippen LogP contribution in [0.25, 0.3) is 0 Å². The third kappa shape index (κ3) is 5.70. The van der Waals surface area contributed by atoms with Crippen molar-refractivity contribution in [3.05, 3.63) is 0 Å². The second kappa shape index (κ2) is 6.64. The minimum absolute atomic E-state index is 0.180. The molecule has 0 aliphatic carbocycles. The Morgan fingerprint density at radius 1 is 1.42 bits per heavy atom. The first-order valence-electron chi connectivity index (χ1n) is 4.07. The lowest BCUT2D eigenvalue weighted by Gasteiger charge is -2.02. The molecule has 4 heteroatoms. The summed E-state index contributed by atoms with van der Waals surface area (Å²) >= 11 is 0. The molecule has 1 amide bonds. The molecule has 0 unspecified atom stereocenters. The first kappa shape index (κ1) is 10.9. The van der Waals surface area contributed by atoms with Crippen molar-refractivity contribution >= 4 is 11.9 Å². The molecule has 0 saturated heterocycles. The molecule has 1 N–H and O–H groups in total. The molecule has 12 heavy (non-hydrogen) atoms. The van der Waals surface area contributed by atoms with Gasteiger partial charge in [0, 0.05) is 7.05 Å². The molecule has 0 heterocycles. The Balaban J connectivity index is 3.40. The van der Waals surface area contributed by atoms with Crippen LogP contribution in [0.5, 0.6) is 0 Å². The van der Waals surface area contributed by atoms with Gasteiger partial charge in [-0.1, -0.05) is 13.3 Å². The highest BCUT2D eigenvalue weighted by molar-refractivity contribution is 5.94. The highest BCUT2D eigenvalue weighted by atomic mass is 16.5. The summed E-state index contributed by atoms with van der Waals surface area (Å²) < 4.78 is 4.76. The van der Waals surface area contributed by atoms with Gasteiger partial charge in [0.15, 0.2) is 0 Å². The summed E-state index contributed by atoms with van der Waals surface area (Å²) in [6.45, 7) is 2.42. The number of esters is 1. The maximum Gasteiger partial charge on any atom is 0.315 e. The molecule has 0 aliphatic rings. The fourth-order valence-electron chi connectivity index (χ4n) is 0.601. The van der Waals surface area contributed by atoms with Crippen molar-refractivity contribution in [1.82, 2.24) is 5.32 Å². The number of hydrogen-bond acceptors (Lipinski definition) is 3. The molecule has 0 aromatic heterocycles. The smallest absolute Gasteiger partial charge is 0.315 e. The Kier molecular flexibility index (Phi) is 6.05. The topological polar surface area (TPSA) is 55.4 Å². The van der Waals surface area contributed by atoms with Crippen molar-refractivity contribution in [3.63, 3.8) is 0 Å². The van der Waals surface area contributed by atoms with Crippen LogP contribution < -0.4 is 5.32 Å². The lowest BCUT2D eigenvalue weighted by molar-refractivity contribution is -0.146. The third-order valence-corrected chi connectivity index (χ3v) is 1.34. The van der Waals surface area contributed by atoms with Gasteiger partial charge in [0.25, 0.3) is 0 Å². The number of unbranched alkanes of at least 4 members (excludes halogenated alkanes) is 1. The highest BCUT2D eigenvalue weighted by Gasteiger charge is 2.07. The predicted molar refractivity (Wildman–Crippen MR) is 44.6 cm³/mol. The Bertz CT molecular complexity index is 156. The van der Waals surface area contributed by atoms with E-state index in [1.54, 1.807) is 0 Å². The van der Waals surface area contributed by atoms with Crippen molar-refractivity contribution in [1.29, 1.82) is 0 Å². The molecule has 70 valence electrons. The van der Waals surface area contributed by atoms with Crippen LogP contribution in [0.15, 0.2) is 0 Å². The standard InChI is InChI=1S/C8H15NO3/c1-3-4-5-12-8(11)6-7(10)9-2/h3-6H2,1-2H3,(H,9,10). The fraction of sp³-hybridized carbons (Fsp3) is 0.750. The van der Waals surface area contributed by atoms with Gasteiger partial charge in [-0.3, -0.25) is 9.59 Å². The average Bonchev–Trinajstić information content (AvgIpc) is 2.05. The molecule has 0 radical (unpaired) electrons. The maximum atomic E-state index is 10.8. The van der Waals surface area contributed by atoms with Crippen LogP contribution in [0.4, 0.5) is 0 Å². The first-order chi connectivity index (χ1) is 5.70. The van der Waals surface area contributed by atoms with Gasteiger partial charge in [0.2, 0.25) is 5.91 Å². The second-order valence-corrected chi connectivity index (χ2v) is 2.42. The van der Waals surface area contributed by atoms with Gasteiger partial charge in [0.1, 0.15) is 6.42 Å². The van der Waals surface area contributed by atoms with Crippen LogP contribution in [0.3, 0.4) is 0 Å². The average molecular weight is 173 g/mol. The Labute approximate surface area is 72.3 Å². The monoisotopic (exact) mass is 173 g/mol. The third-order valence-electron chi connectivity index (χ3n) is 1.34. The van der Waals surface area contributed by atoms with Crippen LogP contribution in [0, 0.1) is 0 Å². The van der Waals surface area contributed by atoms with Gasteiger partial charge in [-0.2, -0.15) is 0 Å². The molecule has 0 saturated carbocycles. The highest BCUT2D eigenvalue weighted by Crippen LogP contribution is 1.91.